The van der Waals surface area contributed by atoms with Crippen LogP contribution in [0.2, 0.25) is 0 Å². The van der Waals surface area contributed by atoms with E-state index < -0.39 is 0 Å². The molecule has 1 nitrogen and oxygen atoms in total. The number of hydrogen-bond donors (Lipinski definition) is 0. The zero-order valence-electron chi connectivity index (χ0n) is 9.08. The molecule has 0 bridgehead atoms. The summed E-state index contributed by atoms with van der Waals surface area (Å²) in [5, 5.41) is 0.253. The van der Waals surface area contributed by atoms with Crippen LogP contribution in [0.15, 0.2) is 24.3 Å². The lowest BCUT2D eigenvalue weighted by molar-refractivity contribution is 0.214. The summed E-state index contributed by atoms with van der Waals surface area (Å²) < 4.78 is 5.72. The second-order valence-corrected chi connectivity index (χ2v) is 4.75. The van der Waals surface area contributed by atoms with Crippen molar-refractivity contribution < 1.29 is 4.74 Å². The Morgan fingerprint density at radius 2 is 2.27 bits per heavy atom. The summed E-state index contributed by atoms with van der Waals surface area (Å²) >= 11 is 6.35. The largest absolute Gasteiger partial charge is 0.493 e. The van der Waals surface area contributed by atoms with E-state index in [0.29, 0.717) is 5.92 Å². The lowest BCUT2D eigenvalue weighted by Gasteiger charge is -2.28. The summed E-state index contributed by atoms with van der Waals surface area (Å²) in [6.45, 7) is 2.94. The van der Waals surface area contributed by atoms with Crippen molar-refractivity contribution in [1.29, 1.82) is 0 Å². The van der Waals surface area contributed by atoms with Crippen LogP contribution in [-0.4, -0.2) is 12.0 Å². The minimum Gasteiger partial charge on any atom is -0.493 e. The van der Waals surface area contributed by atoms with Gasteiger partial charge in [0.1, 0.15) is 5.75 Å². The SMILES string of the molecule is CCCC(Cl)C1COc2ccccc2C1. The molecule has 2 heteroatoms. The van der Waals surface area contributed by atoms with E-state index in [1.807, 2.05) is 12.1 Å². The third-order valence-corrected chi connectivity index (χ3v) is 3.56. The summed E-state index contributed by atoms with van der Waals surface area (Å²) in [6.07, 6.45) is 3.29. The number of hydrogen-bond acceptors (Lipinski definition) is 1. The molecule has 2 unspecified atom stereocenters. The van der Waals surface area contributed by atoms with Crippen molar-refractivity contribution in [2.45, 2.75) is 31.6 Å². The highest BCUT2D eigenvalue weighted by atomic mass is 35.5. The fourth-order valence-corrected chi connectivity index (χ4v) is 2.48. The molecule has 0 aromatic heterocycles. The summed E-state index contributed by atoms with van der Waals surface area (Å²) in [5.74, 6) is 1.51. The molecule has 0 fully saturated rings. The fraction of sp³-hybridized carbons (Fsp3) is 0.538. The Bertz CT molecular complexity index is 324. The van der Waals surface area contributed by atoms with E-state index in [-0.39, 0.29) is 5.38 Å². The molecule has 0 aliphatic carbocycles. The first kappa shape index (κ1) is 10.8. The van der Waals surface area contributed by atoms with Crippen LogP contribution < -0.4 is 4.74 Å². The van der Waals surface area contributed by atoms with Crippen molar-refractivity contribution in [3.63, 3.8) is 0 Å². The van der Waals surface area contributed by atoms with Gasteiger partial charge < -0.3 is 4.74 Å². The zero-order valence-corrected chi connectivity index (χ0v) is 9.83. The van der Waals surface area contributed by atoms with Gasteiger partial charge in [-0.25, -0.2) is 0 Å². The van der Waals surface area contributed by atoms with Crippen LogP contribution >= 0.6 is 11.6 Å². The van der Waals surface area contributed by atoms with Crippen molar-refractivity contribution in [2.75, 3.05) is 6.61 Å². The highest BCUT2D eigenvalue weighted by Crippen LogP contribution is 2.31. The monoisotopic (exact) mass is 224 g/mol. The minimum absolute atomic E-state index is 0.253. The van der Waals surface area contributed by atoms with Gasteiger partial charge in [0.2, 0.25) is 0 Å². The fourth-order valence-electron chi connectivity index (χ4n) is 2.10. The third-order valence-electron chi connectivity index (χ3n) is 2.98. The predicted molar refractivity (Wildman–Crippen MR) is 63.7 cm³/mol. The van der Waals surface area contributed by atoms with Gasteiger partial charge in [-0.15, -0.1) is 11.6 Å². The molecule has 2 atom stereocenters. The normalized spacial score (nSPS) is 21.6. The Morgan fingerprint density at radius 1 is 1.47 bits per heavy atom. The van der Waals surface area contributed by atoms with Crippen LogP contribution in [0.5, 0.6) is 5.75 Å². The number of benzene rings is 1. The molecule has 0 saturated carbocycles. The maximum atomic E-state index is 6.35. The molecular formula is C13H17ClO. The molecule has 0 spiro atoms. The summed E-state index contributed by atoms with van der Waals surface area (Å²) in [6, 6.07) is 8.25. The molecule has 1 aliphatic rings. The number of alkyl halides is 1. The first-order valence-electron chi connectivity index (χ1n) is 5.66. The van der Waals surface area contributed by atoms with Crippen molar-refractivity contribution in [3.05, 3.63) is 29.8 Å². The Kier molecular flexibility index (Phi) is 3.53. The molecule has 2 rings (SSSR count). The van der Waals surface area contributed by atoms with Gasteiger partial charge in [0.25, 0.3) is 0 Å². The van der Waals surface area contributed by atoms with E-state index in [1.165, 1.54) is 5.56 Å². The number of fused-ring (bicyclic) bond motifs is 1. The average molecular weight is 225 g/mol. The second kappa shape index (κ2) is 4.89. The molecule has 0 amide bonds. The standard InChI is InChI=1S/C13H17ClO/c1-2-5-12(14)11-8-10-6-3-4-7-13(10)15-9-11/h3-4,6-7,11-12H,2,5,8-9H2,1H3. The second-order valence-electron chi connectivity index (χ2n) is 4.19. The maximum absolute atomic E-state index is 6.35. The van der Waals surface area contributed by atoms with E-state index in [9.17, 15) is 0 Å². The van der Waals surface area contributed by atoms with Gasteiger partial charge in [-0.05, 0) is 24.5 Å². The minimum atomic E-state index is 0.253. The van der Waals surface area contributed by atoms with Crippen LogP contribution in [0, 0.1) is 5.92 Å². The molecule has 1 heterocycles. The van der Waals surface area contributed by atoms with Gasteiger partial charge in [-0.2, -0.15) is 0 Å². The van der Waals surface area contributed by atoms with Crippen LogP contribution in [0.3, 0.4) is 0 Å². The molecule has 15 heavy (non-hydrogen) atoms. The quantitative estimate of drug-likeness (QED) is 0.713. The van der Waals surface area contributed by atoms with Gasteiger partial charge in [0.15, 0.2) is 0 Å². The van der Waals surface area contributed by atoms with E-state index in [1.54, 1.807) is 0 Å². The maximum Gasteiger partial charge on any atom is 0.122 e. The first-order chi connectivity index (χ1) is 7.31. The highest BCUT2D eigenvalue weighted by molar-refractivity contribution is 6.20. The van der Waals surface area contributed by atoms with Crippen LogP contribution in [0.25, 0.3) is 0 Å². The lowest BCUT2D eigenvalue weighted by Crippen LogP contribution is -2.28. The Balaban J connectivity index is 2.05. The number of halogens is 1. The smallest absolute Gasteiger partial charge is 0.122 e. The van der Waals surface area contributed by atoms with Crippen molar-refractivity contribution >= 4 is 11.6 Å². The van der Waals surface area contributed by atoms with E-state index in [2.05, 4.69) is 19.1 Å². The van der Waals surface area contributed by atoms with Gasteiger partial charge in [-0.1, -0.05) is 31.5 Å². The van der Waals surface area contributed by atoms with E-state index >= 15 is 0 Å². The Hall–Kier alpha value is -0.690. The lowest BCUT2D eigenvalue weighted by atomic mass is 9.92. The summed E-state index contributed by atoms with van der Waals surface area (Å²) in [4.78, 5) is 0. The molecule has 1 aromatic rings. The average Bonchev–Trinajstić information content (AvgIpc) is 2.29. The Labute approximate surface area is 96.4 Å². The van der Waals surface area contributed by atoms with Gasteiger partial charge in [-0.3, -0.25) is 0 Å². The van der Waals surface area contributed by atoms with Crippen molar-refractivity contribution in [1.82, 2.24) is 0 Å². The Morgan fingerprint density at radius 3 is 3.07 bits per heavy atom. The predicted octanol–water partition coefficient (Wildman–Crippen LogP) is 3.65. The molecule has 0 N–H and O–H groups in total. The van der Waals surface area contributed by atoms with Crippen molar-refractivity contribution in [2.24, 2.45) is 5.92 Å². The van der Waals surface area contributed by atoms with Crippen LogP contribution in [-0.2, 0) is 6.42 Å². The molecular weight excluding hydrogens is 208 g/mol. The van der Waals surface area contributed by atoms with Gasteiger partial charge in [0, 0.05) is 11.3 Å². The first-order valence-corrected chi connectivity index (χ1v) is 6.09. The van der Waals surface area contributed by atoms with Crippen LogP contribution in [0.1, 0.15) is 25.3 Å². The highest BCUT2D eigenvalue weighted by Gasteiger charge is 2.25. The molecule has 0 saturated heterocycles. The third kappa shape index (κ3) is 2.46. The van der Waals surface area contributed by atoms with Gasteiger partial charge >= 0.3 is 0 Å². The molecule has 0 radical (unpaired) electrons. The summed E-state index contributed by atoms with van der Waals surface area (Å²) in [5.41, 5.74) is 1.30. The van der Waals surface area contributed by atoms with E-state index in [4.69, 9.17) is 16.3 Å². The van der Waals surface area contributed by atoms with Gasteiger partial charge in [0.05, 0.1) is 6.61 Å². The molecule has 1 aromatic carbocycles. The zero-order chi connectivity index (χ0) is 10.7. The number of ether oxygens (including phenoxy) is 1. The van der Waals surface area contributed by atoms with Crippen molar-refractivity contribution in [3.8, 4) is 5.75 Å². The summed E-state index contributed by atoms with van der Waals surface area (Å²) in [7, 11) is 0. The van der Waals surface area contributed by atoms with Crippen LogP contribution in [0.4, 0.5) is 0 Å². The molecule has 1 aliphatic heterocycles. The number of rotatable bonds is 3. The number of para-hydroxylation sites is 1. The van der Waals surface area contributed by atoms with E-state index in [0.717, 1.165) is 31.6 Å². The molecule has 82 valence electrons. The topological polar surface area (TPSA) is 9.23 Å².